The van der Waals surface area contributed by atoms with Crippen LogP contribution in [0.3, 0.4) is 0 Å². The molecule has 0 aromatic carbocycles. The number of hydrogen-bond acceptors (Lipinski definition) is 4. The minimum Gasteiger partial charge on any atom is -0.357 e. The van der Waals surface area contributed by atoms with Gasteiger partial charge in [-0.15, -0.1) is 0 Å². The average Bonchev–Trinajstić information content (AvgIpc) is 2.76. The van der Waals surface area contributed by atoms with E-state index in [0.29, 0.717) is 6.04 Å². The monoisotopic (exact) mass is 406 g/mol. The predicted molar refractivity (Wildman–Crippen MR) is 124 cm³/mol. The Bertz CT molecular complexity index is 486. The van der Waals surface area contributed by atoms with E-state index in [4.69, 9.17) is 4.99 Å². The van der Waals surface area contributed by atoms with E-state index >= 15 is 0 Å². The van der Waals surface area contributed by atoms with Crippen LogP contribution in [0.2, 0.25) is 0 Å². The maximum absolute atomic E-state index is 5.18. The van der Waals surface area contributed by atoms with Crippen molar-refractivity contribution in [2.24, 2.45) is 4.99 Å². The Morgan fingerprint density at radius 1 is 0.966 bits per heavy atom. The van der Waals surface area contributed by atoms with Crippen LogP contribution in [-0.4, -0.2) is 98.2 Å². The van der Waals surface area contributed by atoms with Gasteiger partial charge in [0, 0.05) is 31.2 Å². The van der Waals surface area contributed by atoms with Gasteiger partial charge in [0.15, 0.2) is 5.96 Å². The highest BCUT2D eigenvalue weighted by Crippen LogP contribution is 2.31. The Balaban J connectivity index is 1.61. The third-order valence-electron chi connectivity index (χ3n) is 7.29. The zero-order valence-electron chi connectivity index (χ0n) is 19.4. The largest absolute Gasteiger partial charge is 0.357 e. The van der Waals surface area contributed by atoms with Crippen molar-refractivity contribution in [1.29, 1.82) is 0 Å². The van der Waals surface area contributed by atoms with Crippen molar-refractivity contribution >= 4 is 5.96 Å². The van der Waals surface area contributed by atoms with Crippen molar-refractivity contribution in [3.63, 3.8) is 0 Å². The molecular formula is C23H46N6. The van der Waals surface area contributed by atoms with Gasteiger partial charge in [0.2, 0.25) is 0 Å². The quantitative estimate of drug-likeness (QED) is 0.502. The van der Waals surface area contributed by atoms with Crippen LogP contribution in [0.25, 0.3) is 0 Å². The lowest BCUT2D eigenvalue weighted by Gasteiger charge is -2.49. The lowest BCUT2D eigenvalue weighted by atomic mass is 9.84. The Hall–Kier alpha value is -0.850. The van der Waals surface area contributed by atoms with Crippen molar-refractivity contribution < 1.29 is 0 Å². The molecule has 0 spiro atoms. The first-order chi connectivity index (χ1) is 14.1. The van der Waals surface area contributed by atoms with Crippen LogP contribution in [0.4, 0.5) is 0 Å². The number of nitrogens with one attached hydrogen (secondary N) is 2. The van der Waals surface area contributed by atoms with Gasteiger partial charge in [-0.05, 0) is 91.6 Å². The van der Waals surface area contributed by atoms with Crippen LogP contribution >= 0.6 is 0 Å². The van der Waals surface area contributed by atoms with Gasteiger partial charge in [-0.25, -0.2) is 0 Å². The van der Waals surface area contributed by atoms with Crippen LogP contribution in [0.15, 0.2) is 4.99 Å². The molecule has 3 fully saturated rings. The van der Waals surface area contributed by atoms with Gasteiger partial charge in [-0.2, -0.15) is 0 Å². The van der Waals surface area contributed by atoms with Gasteiger partial charge < -0.3 is 20.4 Å². The number of hydrogen-bond donors (Lipinski definition) is 2. The molecule has 0 bridgehead atoms. The molecule has 29 heavy (non-hydrogen) atoms. The number of aliphatic imine (C=N–C) groups is 1. The summed E-state index contributed by atoms with van der Waals surface area (Å²) in [6, 6.07) is 0.560. The second-order valence-corrected chi connectivity index (χ2v) is 9.53. The molecule has 3 heterocycles. The molecule has 0 saturated carbocycles. The molecule has 0 amide bonds. The van der Waals surface area contributed by atoms with E-state index in [1.807, 2.05) is 0 Å². The van der Waals surface area contributed by atoms with Gasteiger partial charge in [0.1, 0.15) is 0 Å². The average molecular weight is 407 g/mol. The Labute approximate surface area is 179 Å². The normalized spacial score (nSPS) is 25.8. The maximum atomic E-state index is 5.18. The third-order valence-corrected chi connectivity index (χ3v) is 7.29. The molecular weight excluding hydrogens is 360 g/mol. The van der Waals surface area contributed by atoms with E-state index in [1.54, 1.807) is 0 Å². The Morgan fingerprint density at radius 3 is 2.28 bits per heavy atom. The first-order valence-electron chi connectivity index (χ1n) is 12.4. The summed E-state index contributed by atoms with van der Waals surface area (Å²) < 4.78 is 0. The minimum absolute atomic E-state index is 0.264. The fourth-order valence-electron chi connectivity index (χ4n) is 5.33. The van der Waals surface area contributed by atoms with E-state index < -0.39 is 0 Å². The summed E-state index contributed by atoms with van der Waals surface area (Å²) in [5, 5.41) is 7.30. The molecule has 0 radical (unpaired) electrons. The Morgan fingerprint density at radius 2 is 1.66 bits per heavy atom. The molecule has 2 N–H and O–H groups in total. The maximum Gasteiger partial charge on any atom is 0.191 e. The fraction of sp³-hybridized carbons (Fsp3) is 0.957. The molecule has 0 aromatic rings. The standard InChI is InChI=1S/C23H46N6/c1-4-13-28-16-9-21(10-17-28)26-22(24-5-2)25-20-23(11-18-27(3)19-12-23)29-14-7-6-8-15-29/h21H,4-20H2,1-3H3,(H2,24,25,26). The topological polar surface area (TPSA) is 46.1 Å². The zero-order valence-corrected chi connectivity index (χ0v) is 19.4. The third kappa shape index (κ3) is 6.56. The van der Waals surface area contributed by atoms with Gasteiger partial charge in [-0.3, -0.25) is 9.89 Å². The van der Waals surface area contributed by atoms with E-state index in [9.17, 15) is 0 Å². The number of rotatable bonds is 7. The summed E-state index contributed by atoms with van der Waals surface area (Å²) in [7, 11) is 2.26. The van der Waals surface area contributed by atoms with Crippen LogP contribution in [0, 0.1) is 0 Å². The minimum atomic E-state index is 0.264. The first kappa shape index (κ1) is 22.8. The second-order valence-electron chi connectivity index (χ2n) is 9.53. The highest BCUT2D eigenvalue weighted by Gasteiger charge is 2.39. The van der Waals surface area contributed by atoms with Crippen molar-refractivity contribution in [3.8, 4) is 0 Å². The smallest absolute Gasteiger partial charge is 0.191 e. The summed E-state index contributed by atoms with van der Waals surface area (Å²) >= 11 is 0. The SMILES string of the molecule is CCCN1CCC(NC(=NCC2(N3CCCCC3)CCN(C)CC2)NCC)CC1. The highest BCUT2D eigenvalue weighted by molar-refractivity contribution is 5.80. The van der Waals surface area contributed by atoms with Crippen LogP contribution < -0.4 is 10.6 Å². The van der Waals surface area contributed by atoms with Crippen molar-refractivity contribution in [2.45, 2.75) is 76.8 Å². The second kappa shape index (κ2) is 11.5. The molecule has 0 unspecified atom stereocenters. The molecule has 0 aromatic heterocycles. The van der Waals surface area contributed by atoms with Crippen molar-refractivity contribution in [1.82, 2.24) is 25.3 Å². The predicted octanol–water partition coefficient (Wildman–Crippen LogP) is 2.37. The lowest BCUT2D eigenvalue weighted by molar-refractivity contribution is 0.0208. The molecule has 3 saturated heterocycles. The molecule has 0 aliphatic carbocycles. The van der Waals surface area contributed by atoms with Crippen molar-refractivity contribution in [3.05, 3.63) is 0 Å². The summed E-state index contributed by atoms with van der Waals surface area (Å²) in [6.07, 6.45) is 10.3. The van der Waals surface area contributed by atoms with Crippen LogP contribution in [0.5, 0.6) is 0 Å². The number of likely N-dealkylation sites (tertiary alicyclic amines) is 3. The molecule has 0 atom stereocenters. The molecule has 3 aliphatic rings. The molecule has 6 heteroatoms. The highest BCUT2D eigenvalue weighted by atomic mass is 15.3. The van der Waals surface area contributed by atoms with E-state index in [1.165, 1.54) is 97.2 Å². The van der Waals surface area contributed by atoms with E-state index in [-0.39, 0.29) is 5.54 Å². The van der Waals surface area contributed by atoms with Gasteiger partial charge in [0.05, 0.1) is 6.54 Å². The number of piperidine rings is 3. The summed E-state index contributed by atoms with van der Waals surface area (Å²) in [4.78, 5) is 13.1. The van der Waals surface area contributed by atoms with Gasteiger partial charge in [-0.1, -0.05) is 13.3 Å². The van der Waals surface area contributed by atoms with Crippen molar-refractivity contribution in [2.75, 3.05) is 66.0 Å². The molecule has 3 rings (SSSR count). The first-order valence-corrected chi connectivity index (χ1v) is 12.4. The van der Waals surface area contributed by atoms with Gasteiger partial charge >= 0.3 is 0 Å². The number of nitrogens with zero attached hydrogens (tertiary/aromatic N) is 4. The summed E-state index contributed by atoms with van der Waals surface area (Å²) in [5.41, 5.74) is 0.264. The molecule has 3 aliphatic heterocycles. The Kier molecular flexibility index (Phi) is 9.07. The van der Waals surface area contributed by atoms with Crippen LogP contribution in [-0.2, 0) is 0 Å². The van der Waals surface area contributed by atoms with E-state index in [2.05, 4.69) is 46.2 Å². The molecule has 168 valence electrons. The molecule has 6 nitrogen and oxygen atoms in total. The number of guanidine groups is 1. The summed E-state index contributed by atoms with van der Waals surface area (Å²) in [5.74, 6) is 1.04. The lowest BCUT2D eigenvalue weighted by Crippen LogP contribution is -2.58. The zero-order chi connectivity index (χ0) is 20.5. The summed E-state index contributed by atoms with van der Waals surface area (Å²) in [6.45, 7) is 14.9. The van der Waals surface area contributed by atoms with Crippen LogP contribution in [0.1, 0.15) is 65.2 Å². The van der Waals surface area contributed by atoms with E-state index in [0.717, 1.165) is 19.0 Å². The fourth-order valence-corrected chi connectivity index (χ4v) is 5.33. The van der Waals surface area contributed by atoms with Gasteiger partial charge in [0.25, 0.3) is 0 Å².